The van der Waals surface area contributed by atoms with Crippen LogP contribution in [0.15, 0.2) is 55.1 Å². The van der Waals surface area contributed by atoms with Crippen molar-refractivity contribution in [3.8, 4) is 5.75 Å². The molecule has 3 nitrogen and oxygen atoms in total. The number of piperidine rings is 1. The van der Waals surface area contributed by atoms with Gasteiger partial charge in [0.05, 0.1) is 12.2 Å². The topological polar surface area (TPSA) is 32.7 Å². The van der Waals surface area contributed by atoms with E-state index in [1.165, 1.54) is 12.1 Å². The Kier molecular flexibility index (Phi) is 7.11. The largest absolute Gasteiger partial charge is 0.493 e. The molecule has 1 aliphatic rings. The maximum absolute atomic E-state index is 13.4. The molecule has 28 heavy (non-hydrogen) atoms. The second kappa shape index (κ2) is 9.55. The minimum absolute atomic E-state index is 0.259. The van der Waals surface area contributed by atoms with Crippen LogP contribution in [-0.4, -0.2) is 36.2 Å². The van der Waals surface area contributed by atoms with Gasteiger partial charge >= 0.3 is 0 Å². The number of aliphatic hydroxyl groups is 1. The van der Waals surface area contributed by atoms with Gasteiger partial charge in [-0.1, -0.05) is 29.8 Å². The van der Waals surface area contributed by atoms with Gasteiger partial charge in [0, 0.05) is 30.2 Å². The summed E-state index contributed by atoms with van der Waals surface area (Å²) in [5, 5.41) is 11.6. The van der Waals surface area contributed by atoms with Gasteiger partial charge in [0.2, 0.25) is 0 Å². The van der Waals surface area contributed by atoms with Crippen LogP contribution in [0.3, 0.4) is 0 Å². The number of halogens is 2. The van der Waals surface area contributed by atoms with E-state index in [9.17, 15) is 9.50 Å². The Hall–Kier alpha value is -1.88. The number of hydrogen-bond acceptors (Lipinski definition) is 3. The number of benzene rings is 2. The number of allylic oxidation sites excluding steroid dienone is 1. The van der Waals surface area contributed by atoms with E-state index >= 15 is 0 Å². The lowest BCUT2D eigenvalue weighted by molar-refractivity contribution is -0.0264. The van der Waals surface area contributed by atoms with Gasteiger partial charge in [0.25, 0.3) is 0 Å². The molecule has 2 aromatic carbocycles. The molecule has 150 valence electrons. The van der Waals surface area contributed by atoms with Gasteiger partial charge in [-0.3, -0.25) is 0 Å². The maximum atomic E-state index is 13.4. The summed E-state index contributed by atoms with van der Waals surface area (Å²) in [5.74, 6) is 0.461. The Balaban J connectivity index is 1.44. The van der Waals surface area contributed by atoms with E-state index in [4.69, 9.17) is 16.3 Å². The van der Waals surface area contributed by atoms with Crippen LogP contribution < -0.4 is 4.74 Å². The molecule has 0 saturated carbocycles. The Bertz CT molecular complexity index is 786. The first kappa shape index (κ1) is 20.8. The van der Waals surface area contributed by atoms with Gasteiger partial charge in [0.1, 0.15) is 11.6 Å². The summed E-state index contributed by atoms with van der Waals surface area (Å²) in [6, 6.07) is 12.1. The van der Waals surface area contributed by atoms with Gasteiger partial charge in [0.15, 0.2) is 0 Å². The van der Waals surface area contributed by atoms with Crippen LogP contribution in [0.1, 0.15) is 30.4 Å². The van der Waals surface area contributed by atoms with Gasteiger partial charge < -0.3 is 14.7 Å². The summed E-state index contributed by atoms with van der Waals surface area (Å²) in [6.07, 6.45) is 4.62. The van der Waals surface area contributed by atoms with Gasteiger partial charge in [-0.05, 0) is 61.6 Å². The lowest BCUT2D eigenvalue weighted by Gasteiger charge is -2.38. The summed E-state index contributed by atoms with van der Waals surface area (Å²) in [5.41, 5.74) is 0.984. The molecule has 1 aliphatic heterocycles. The molecule has 1 N–H and O–H groups in total. The summed E-state index contributed by atoms with van der Waals surface area (Å²) < 4.78 is 19.2. The van der Waals surface area contributed by atoms with Crippen molar-refractivity contribution in [1.29, 1.82) is 0 Å². The SMILES string of the molecule is C=CCc1cc(F)ccc1OCCCN1CCC(O)(c2ccc(Cl)cc2)CC1. The molecule has 0 atom stereocenters. The zero-order valence-electron chi connectivity index (χ0n) is 16.0. The van der Waals surface area contributed by atoms with E-state index in [1.54, 1.807) is 12.1 Å². The van der Waals surface area contributed by atoms with Crippen molar-refractivity contribution >= 4 is 11.6 Å². The van der Waals surface area contributed by atoms with Crippen molar-refractivity contribution in [1.82, 2.24) is 4.90 Å². The van der Waals surface area contributed by atoms with Gasteiger partial charge in [-0.15, -0.1) is 6.58 Å². The molecule has 3 rings (SSSR count). The molecule has 0 aliphatic carbocycles. The predicted molar refractivity (Wildman–Crippen MR) is 111 cm³/mol. The summed E-state index contributed by atoms with van der Waals surface area (Å²) in [6.45, 7) is 6.89. The second-order valence-electron chi connectivity index (χ2n) is 7.33. The molecule has 1 saturated heterocycles. The van der Waals surface area contributed by atoms with Crippen molar-refractivity contribution in [2.75, 3.05) is 26.2 Å². The number of likely N-dealkylation sites (tertiary alicyclic amines) is 1. The third-order valence-electron chi connectivity index (χ3n) is 5.33. The molecular formula is C23H27ClFNO2. The first-order valence-electron chi connectivity index (χ1n) is 9.73. The summed E-state index contributed by atoms with van der Waals surface area (Å²) >= 11 is 5.94. The number of hydrogen-bond donors (Lipinski definition) is 1. The Labute approximate surface area is 171 Å². The summed E-state index contributed by atoms with van der Waals surface area (Å²) in [4.78, 5) is 2.35. The highest BCUT2D eigenvalue weighted by Crippen LogP contribution is 2.33. The standard InChI is InChI=1S/C23H27ClFNO2/c1-2-4-18-17-21(25)9-10-22(18)28-16-3-13-26-14-11-23(27,12-15-26)19-5-7-20(24)8-6-19/h2,5-10,17,27H,1,3-4,11-16H2. The second-order valence-corrected chi connectivity index (χ2v) is 7.76. The summed E-state index contributed by atoms with van der Waals surface area (Å²) in [7, 11) is 0. The quantitative estimate of drug-likeness (QED) is 0.499. The van der Waals surface area contributed by atoms with Crippen molar-refractivity contribution in [3.63, 3.8) is 0 Å². The fourth-order valence-corrected chi connectivity index (χ4v) is 3.80. The highest BCUT2D eigenvalue weighted by Gasteiger charge is 2.33. The lowest BCUT2D eigenvalue weighted by Crippen LogP contribution is -2.43. The first-order valence-corrected chi connectivity index (χ1v) is 10.1. The molecule has 0 spiro atoms. The van der Waals surface area contributed by atoms with Crippen molar-refractivity contribution in [3.05, 3.63) is 77.1 Å². The number of nitrogens with zero attached hydrogens (tertiary/aromatic N) is 1. The van der Waals surface area contributed by atoms with E-state index in [0.717, 1.165) is 42.9 Å². The lowest BCUT2D eigenvalue weighted by atomic mass is 9.84. The monoisotopic (exact) mass is 403 g/mol. The molecule has 0 aromatic heterocycles. The first-order chi connectivity index (χ1) is 13.5. The molecule has 0 radical (unpaired) electrons. The number of rotatable bonds is 8. The normalized spacial score (nSPS) is 16.7. The van der Waals surface area contributed by atoms with E-state index in [-0.39, 0.29) is 5.82 Å². The molecule has 2 aromatic rings. The van der Waals surface area contributed by atoms with E-state index < -0.39 is 5.60 Å². The maximum Gasteiger partial charge on any atom is 0.123 e. The third kappa shape index (κ3) is 5.34. The molecule has 1 heterocycles. The Morgan fingerprint density at radius 1 is 1.18 bits per heavy atom. The Morgan fingerprint density at radius 2 is 1.89 bits per heavy atom. The van der Waals surface area contributed by atoms with Crippen molar-refractivity contribution in [2.24, 2.45) is 0 Å². The van der Waals surface area contributed by atoms with Gasteiger partial charge in [-0.2, -0.15) is 0 Å². The highest BCUT2D eigenvalue weighted by molar-refractivity contribution is 6.30. The average molecular weight is 404 g/mol. The van der Waals surface area contributed by atoms with Crippen LogP contribution in [0.2, 0.25) is 5.02 Å². The fraction of sp³-hybridized carbons (Fsp3) is 0.391. The van der Waals surface area contributed by atoms with E-state index in [0.29, 0.717) is 30.9 Å². The molecule has 0 unspecified atom stereocenters. The van der Waals surface area contributed by atoms with Crippen LogP contribution in [0.4, 0.5) is 4.39 Å². The minimum Gasteiger partial charge on any atom is -0.493 e. The van der Waals surface area contributed by atoms with E-state index in [1.807, 2.05) is 24.3 Å². The van der Waals surface area contributed by atoms with Crippen LogP contribution in [0, 0.1) is 5.82 Å². The average Bonchev–Trinajstić information content (AvgIpc) is 2.69. The smallest absolute Gasteiger partial charge is 0.123 e. The van der Waals surface area contributed by atoms with Crippen LogP contribution >= 0.6 is 11.6 Å². The third-order valence-corrected chi connectivity index (χ3v) is 5.58. The molecular weight excluding hydrogens is 377 g/mol. The zero-order valence-corrected chi connectivity index (χ0v) is 16.8. The van der Waals surface area contributed by atoms with Gasteiger partial charge in [-0.25, -0.2) is 4.39 Å². The van der Waals surface area contributed by atoms with E-state index in [2.05, 4.69) is 11.5 Å². The number of ether oxygens (including phenoxy) is 1. The van der Waals surface area contributed by atoms with Crippen LogP contribution in [0.25, 0.3) is 0 Å². The molecule has 0 bridgehead atoms. The molecule has 1 fully saturated rings. The minimum atomic E-state index is -0.773. The zero-order chi connectivity index (χ0) is 20.0. The van der Waals surface area contributed by atoms with Crippen molar-refractivity contribution in [2.45, 2.75) is 31.3 Å². The van der Waals surface area contributed by atoms with Crippen LogP contribution in [0.5, 0.6) is 5.75 Å². The Morgan fingerprint density at radius 3 is 2.57 bits per heavy atom. The molecule has 5 heteroatoms. The highest BCUT2D eigenvalue weighted by atomic mass is 35.5. The fourth-order valence-electron chi connectivity index (χ4n) is 3.67. The van der Waals surface area contributed by atoms with Crippen LogP contribution in [-0.2, 0) is 12.0 Å². The predicted octanol–water partition coefficient (Wildman–Crippen LogP) is 4.96. The van der Waals surface area contributed by atoms with Crippen molar-refractivity contribution < 1.29 is 14.2 Å². The molecule has 0 amide bonds.